The fraction of sp³-hybridized carbons (Fsp3) is 0.500. The number of nitrogens with zero attached hydrogens (tertiary/aromatic N) is 1. The van der Waals surface area contributed by atoms with Gasteiger partial charge in [0, 0.05) is 11.8 Å². The van der Waals surface area contributed by atoms with E-state index in [0.29, 0.717) is 0 Å². The highest BCUT2D eigenvalue weighted by Crippen LogP contribution is 2.20. The summed E-state index contributed by atoms with van der Waals surface area (Å²) >= 11 is 3.40. The van der Waals surface area contributed by atoms with Crippen molar-refractivity contribution in [3.63, 3.8) is 0 Å². The molecule has 1 aromatic rings. The van der Waals surface area contributed by atoms with E-state index in [1.807, 2.05) is 24.3 Å². The van der Waals surface area contributed by atoms with Gasteiger partial charge in [-0.25, -0.2) is 0 Å². The van der Waals surface area contributed by atoms with Crippen LogP contribution in [0.1, 0.15) is 31.7 Å². The van der Waals surface area contributed by atoms with E-state index in [2.05, 4.69) is 28.0 Å². The van der Waals surface area contributed by atoms with E-state index < -0.39 is 0 Å². The van der Waals surface area contributed by atoms with E-state index in [4.69, 9.17) is 9.57 Å². The highest BCUT2D eigenvalue weighted by molar-refractivity contribution is 9.09. The minimum absolute atomic E-state index is 0.167. The van der Waals surface area contributed by atoms with Crippen LogP contribution in [0.5, 0.6) is 5.75 Å². The molecular weight excluding hydrogens is 294 g/mol. The second kappa shape index (κ2) is 6.78. The molecule has 0 aliphatic carbocycles. The van der Waals surface area contributed by atoms with Crippen molar-refractivity contribution in [1.29, 1.82) is 0 Å². The average molecular weight is 312 g/mol. The van der Waals surface area contributed by atoms with Crippen molar-refractivity contribution in [3.8, 4) is 5.75 Å². The Morgan fingerprint density at radius 3 is 2.78 bits per heavy atom. The van der Waals surface area contributed by atoms with Crippen molar-refractivity contribution in [2.75, 3.05) is 11.9 Å². The third-order valence-electron chi connectivity index (χ3n) is 2.86. The number of unbranched alkanes of at least 4 members (excludes halogenated alkanes) is 1. The van der Waals surface area contributed by atoms with Gasteiger partial charge in [0.05, 0.1) is 12.3 Å². The van der Waals surface area contributed by atoms with E-state index >= 15 is 0 Å². The van der Waals surface area contributed by atoms with Gasteiger partial charge in [-0.3, -0.25) is 0 Å². The fourth-order valence-electron chi connectivity index (χ4n) is 1.76. The van der Waals surface area contributed by atoms with E-state index in [9.17, 15) is 0 Å². The number of hydrogen-bond donors (Lipinski definition) is 0. The van der Waals surface area contributed by atoms with Crippen LogP contribution in [0.15, 0.2) is 29.4 Å². The van der Waals surface area contributed by atoms with Crippen LogP contribution in [0.3, 0.4) is 0 Å². The Morgan fingerprint density at radius 2 is 2.17 bits per heavy atom. The van der Waals surface area contributed by atoms with Crippen LogP contribution in [-0.2, 0) is 4.84 Å². The van der Waals surface area contributed by atoms with Gasteiger partial charge in [-0.15, -0.1) is 0 Å². The number of oxime groups is 1. The summed E-state index contributed by atoms with van der Waals surface area (Å²) in [6.07, 6.45) is 3.27. The van der Waals surface area contributed by atoms with Gasteiger partial charge in [0.2, 0.25) is 0 Å². The van der Waals surface area contributed by atoms with Crippen molar-refractivity contribution in [2.24, 2.45) is 5.16 Å². The molecule has 1 aliphatic heterocycles. The maximum Gasteiger partial charge on any atom is 0.142 e. The van der Waals surface area contributed by atoms with Crippen molar-refractivity contribution in [3.05, 3.63) is 29.8 Å². The van der Waals surface area contributed by atoms with Gasteiger partial charge in [0.1, 0.15) is 11.9 Å². The van der Waals surface area contributed by atoms with E-state index in [0.717, 1.165) is 48.2 Å². The zero-order chi connectivity index (χ0) is 12.8. The molecule has 0 bridgehead atoms. The van der Waals surface area contributed by atoms with Gasteiger partial charge < -0.3 is 9.57 Å². The molecule has 98 valence electrons. The molecule has 0 fully saturated rings. The van der Waals surface area contributed by atoms with E-state index in [-0.39, 0.29) is 6.10 Å². The molecule has 3 nitrogen and oxygen atoms in total. The van der Waals surface area contributed by atoms with Crippen molar-refractivity contribution in [1.82, 2.24) is 0 Å². The summed E-state index contributed by atoms with van der Waals surface area (Å²) in [4.78, 5) is 5.29. The number of hydrogen-bond acceptors (Lipinski definition) is 3. The second-order valence-corrected chi connectivity index (χ2v) is 5.00. The SMILES string of the molecule is CCCCOc1ccc(C2=NOC(CBr)C2)cc1. The number of benzene rings is 1. The minimum atomic E-state index is 0.167. The summed E-state index contributed by atoms with van der Waals surface area (Å²) in [5.74, 6) is 0.920. The van der Waals surface area contributed by atoms with Crippen molar-refractivity contribution >= 4 is 21.6 Å². The summed E-state index contributed by atoms with van der Waals surface area (Å²) in [6.45, 7) is 2.94. The zero-order valence-electron chi connectivity index (χ0n) is 10.6. The molecule has 0 saturated heterocycles. The number of halogens is 1. The fourth-order valence-corrected chi connectivity index (χ4v) is 2.11. The highest BCUT2D eigenvalue weighted by atomic mass is 79.9. The summed E-state index contributed by atoms with van der Waals surface area (Å²) in [5, 5.41) is 4.93. The lowest BCUT2D eigenvalue weighted by molar-refractivity contribution is 0.104. The molecule has 18 heavy (non-hydrogen) atoms. The van der Waals surface area contributed by atoms with Crippen LogP contribution in [-0.4, -0.2) is 23.8 Å². The lowest BCUT2D eigenvalue weighted by Gasteiger charge is -2.06. The molecule has 0 aromatic heterocycles. The monoisotopic (exact) mass is 311 g/mol. The topological polar surface area (TPSA) is 30.8 Å². The first-order valence-electron chi connectivity index (χ1n) is 6.35. The Labute approximate surface area is 116 Å². The summed E-state index contributed by atoms with van der Waals surface area (Å²) < 4.78 is 5.63. The highest BCUT2D eigenvalue weighted by Gasteiger charge is 2.20. The quantitative estimate of drug-likeness (QED) is 0.591. The molecule has 0 radical (unpaired) electrons. The van der Waals surface area contributed by atoms with Crippen LogP contribution in [0.4, 0.5) is 0 Å². The Bertz CT molecular complexity index is 403. The first-order valence-corrected chi connectivity index (χ1v) is 7.47. The van der Waals surface area contributed by atoms with Crippen LogP contribution in [0, 0.1) is 0 Å². The average Bonchev–Trinajstić information content (AvgIpc) is 2.89. The summed E-state index contributed by atoms with van der Waals surface area (Å²) in [7, 11) is 0. The van der Waals surface area contributed by atoms with Gasteiger partial charge >= 0.3 is 0 Å². The molecular formula is C14H18BrNO2. The molecule has 0 N–H and O–H groups in total. The van der Waals surface area contributed by atoms with Gasteiger partial charge in [-0.2, -0.15) is 0 Å². The molecule has 1 atom stereocenters. The molecule has 0 spiro atoms. The standard InChI is InChI=1S/C14H18BrNO2/c1-2-3-8-17-12-6-4-11(5-7-12)14-9-13(10-15)18-16-14/h4-7,13H,2-3,8-10H2,1H3. The van der Waals surface area contributed by atoms with Crippen LogP contribution < -0.4 is 4.74 Å². The molecule has 1 heterocycles. The molecule has 0 amide bonds. The van der Waals surface area contributed by atoms with Crippen LogP contribution >= 0.6 is 15.9 Å². The summed E-state index contributed by atoms with van der Waals surface area (Å²) in [6, 6.07) is 8.07. The van der Waals surface area contributed by atoms with Crippen molar-refractivity contribution < 1.29 is 9.57 Å². The molecule has 1 aromatic carbocycles. The first kappa shape index (κ1) is 13.4. The molecule has 1 unspecified atom stereocenters. The largest absolute Gasteiger partial charge is 0.494 e. The Hall–Kier alpha value is -1.03. The molecule has 2 rings (SSSR count). The normalized spacial score (nSPS) is 18.3. The van der Waals surface area contributed by atoms with Gasteiger partial charge in [-0.1, -0.05) is 34.4 Å². The van der Waals surface area contributed by atoms with Crippen molar-refractivity contribution in [2.45, 2.75) is 32.3 Å². The lowest BCUT2D eigenvalue weighted by atomic mass is 10.1. The van der Waals surface area contributed by atoms with Crippen LogP contribution in [0.2, 0.25) is 0 Å². The number of rotatable bonds is 6. The van der Waals surface area contributed by atoms with Gasteiger partial charge in [0.15, 0.2) is 0 Å². The third kappa shape index (κ3) is 3.48. The zero-order valence-corrected chi connectivity index (χ0v) is 12.1. The predicted octanol–water partition coefficient (Wildman–Crippen LogP) is 3.75. The Morgan fingerprint density at radius 1 is 1.39 bits per heavy atom. The summed E-state index contributed by atoms with van der Waals surface area (Å²) in [5.41, 5.74) is 2.13. The third-order valence-corrected chi connectivity index (χ3v) is 3.58. The van der Waals surface area contributed by atoms with Crippen LogP contribution in [0.25, 0.3) is 0 Å². The number of alkyl halides is 1. The smallest absolute Gasteiger partial charge is 0.142 e. The Kier molecular flexibility index (Phi) is 5.05. The molecule has 1 aliphatic rings. The second-order valence-electron chi connectivity index (χ2n) is 4.35. The Balaban J connectivity index is 1.92. The van der Waals surface area contributed by atoms with E-state index in [1.165, 1.54) is 0 Å². The van der Waals surface area contributed by atoms with Gasteiger partial charge in [0.25, 0.3) is 0 Å². The molecule has 0 saturated carbocycles. The maximum atomic E-state index is 5.63. The first-order chi connectivity index (χ1) is 8.83. The minimum Gasteiger partial charge on any atom is -0.494 e. The predicted molar refractivity (Wildman–Crippen MR) is 76.7 cm³/mol. The van der Waals surface area contributed by atoms with Gasteiger partial charge in [-0.05, 0) is 36.2 Å². The number of ether oxygens (including phenoxy) is 1. The van der Waals surface area contributed by atoms with E-state index in [1.54, 1.807) is 0 Å². The maximum absolute atomic E-state index is 5.63. The molecule has 4 heteroatoms. The lowest BCUT2D eigenvalue weighted by Crippen LogP contribution is -2.09.